The highest BCUT2D eigenvalue weighted by atomic mass is 16.9. The SMILES string of the molecule is CON(O)C(C)C. The van der Waals surface area contributed by atoms with Gasteiger partial charge in [-0.3, -0.25) is 10.0 Å². The van der Waals surface area contributed by atoms with Gasteiger partial charge in [0.05, 0.1) is 13.2 Å². The summed E-state index contributed by atoms with van der Waals surface area (Å²) in [6, 6.07) is 0.0324. The molecule has 0 atom stereocenters. The van der Waals surface area contributed by atoms with Crippen LogP contribution in [0.15, 0.2) is 0 Å². The Hall–Kier alpha value is -0.120. The van der Waals surface area contributed by atoms with Gasteiger partial charge in [0.1, 0.15) is 0 Å². The van der Waals surface area contributed by atoms with Crippen LogP contribution in [0.1, 0.15) is 13.8 Å². The molecule has 0 aromatic rings. The Morgan fingerprint density at radius 2 is 2.00 bits per heavy atom. The van der Waals surface area contributed by atoms with Crippen LogP contribution in [0.3, 0.4) is 0 Å². The summed E-state index contributed by atoms with van der Waals surface area (Å²) in [7, 11) is 1.42. The topological polar surface area (TPSA) is 32.7 Å². The number of hydroxylamine groups is 2. The molecule has 0 amide bonds. The molecule has 7 heavy (non-hydrogen) atoms. The molecule has 0 aromatic heterocycles. The maximum absolute atomic E-state index is 8.55. The van der Waals surface area contributed by atoms with E-state index in [0.717, 1.165) is 5.23 Å². The Morgan fingerprint density at radius 1 is 1.57 bits per heavy atom. The molecule has 3 nitrogen and oxygen atoms in total. The summed E-state index contributed by atoms with van der Waals surface area (Å²) >= 11 is 0. The van der Waals surface area contributed by atoms with Gasteiger partial charge in [-0.1, -0.05) is 5.23 Å². The smallest absolute Gasteiger partial charge is 0.0601 e. The van der Waals surface area contributed by atoms with Crippen molar-refractivity contribution in [3.8, 4) is 0 Å². The van der Waals surface area contributed by atoms with Gasteiger partial charge in [0, 0.05) is 0 Å². The van der Waals surface area contributed by atoms with Crippen LogP contribution in [-0.2, 0) is 4.84 Å². The third kappa shape index (κ3) is 2.56. The molecule has 0 heterocycles. The van der Waals surface area contributed by atoms with Gasteiger partial charge in [0.2, 0.25) is 0 Å². The fourth-order valence-corrected chi connectivity index (χ4v) is 0.211. The summed E-state index contributed by atoms with van der Waals surface area (Å²) in [5.74, 6) is 0. The lowest BCUT2D eigenvalue weighted by Gasteiger charge is -2.13. The highest BCUT2D eigenvalue weighted by Gasteiger charge is 1.99. The second-order valence-electron chi connectivity index (χ2n) is 1.58. The van der Waals surface area contributed by atoms with Crippen molar-refractivity contribution in [2.75, 3.05) is 7.11 Å². The first-order valence-electron chi connectivity index (χ1n) is 2.20. The van der Waals surface area contributed by atoms with Crippen LogP contribution >= 0.6 is 0 Å². The fraction of sp³-hybridized carbons (Fsp3) is 1.00. The van der Waals surface area contributed by atoms with Crippen molar-refractivity contribution in [3.05, 3.63) is 0 Å². The minimum absolute atomic E-state index is 0.0324. The highest BCUT2D eigenvalue weighted by Crippen LogP contribution is 1.89. The van der Waals surface area contributed by atoms with Crippen molar-refractivity contribution in [2.24, 2.45) is 0 Å². The van der Waals surface area contributed by atoms with Crippen molar-refractivity contribution in [3.63, 3.8) is 0 Å². The Morgan fingerprint density at radius 3 is 2.00 bits per heavy atom. The predicted molar refractivity (Wildman–Crippen MR) is 25.8 cm³/mol. The minimum atomic E-state index is 0.0324. The van der Waals surface area contributed by atoms with Crippen LogP contribution in [0.25, 0.3) is 0 Å². The van der Waals surface area contributed by atoms with Crippen molar-refractivity contribution < 1.29 is 10.0 Å². The van der Waals surface area contributed by atoms with E-state index in [1.165, 1.54) is 7.11 Å². The normalized spacial score (nSPS) is 11.1. The summed E-state index contributed by atoms with van der Waals surface area (Å²) in [5, 5.41) is 9.34. The Kier molecular flexibility index (Phi) is 2.91. The Labute approximate surface area is 43.4 Å². The first kappa shape index (κ1) is 6.88. The van der Waals surface area contributed by atoms with Crippen LogP contribution < -0.4 is 0 Å². The van der Waals surface area contributed by atoms with E-state index >= 15 is 0 Å². The molecule has 0 aliphatic carbocycles. The Balaban J connectivity index is 3.14. The van der Waals surface area contributed by atoms with Crippen LogP contribution in [-0.4, -0.2) is 23.6 Å². The monoisotopic (exact) mass is 105 g/mol. The van der Waals surface area contributed by atoms with Crippen LogP contribution in [0.2, 0.25) is 0 Å². The molecule has 0 aliphatic rings. The second kappa shape index (κ2) is 2.96. The summed E-state index contributed by atoms with van der Waals surface area (Å²) in [4.78, 5) is 4.40. The number of rotatable bonds is 2. The number of nitrogens with zero attached hydrogens (tertiary/aromatic N) is 1. The molecule has 3 heteroatoms. The lowest BCUT2D eigenvalue weighted by atomic mass is 10.4. The van der Waals surface area contributed by atoms with E-state index in [9.17, 15) is 0 Å². The third-order valence-electron chi connectivity index (χ3n) is 0.629. The lowest BCUT2D eigenvalue weighted by molar-refractivity contribution is -0.343. The van der Waals surface area contributed by atoms with Gasteiger partial charge in [0.15, 0.2) is 0 Å². The van der Waals surface area contributed by atoms with E-state index in [4.69, 9.17) is 5.21 Å². The largest absolute Gasteiger partial charge is 0.289 e. The van der Waals surface area contributed by atoms with Gasteiger partial charge in [-0.05, 0) is 13.8 Å². The van der Waals surface area contributed by atoms with Gasteiger partial charge in [-0.15, -0.1) is 0 Å². The van der Waals surface area contributed by atoms with E-state index < -0.39 is 0 Å². The highest BCUT2D eigenvalue weighted by molar-refractivity contribution is 4.35. The van der Waals surface area contributed by atoms with E-state index in [-0.39, 0.29) is 6.04 Å². The van der Waals surface area contributed by atoms with Gasteiger partial charge >= 0.3 is 0 Å². The molecule has 0 spiro atoms. The van der Waals surface area contributed by atoms with Gasteiger partial charge < -0.3 is 0 Å². The van der Waals surface area contributed by atoms with Crippen LogP contribution in [0.4, 0.5) is 0 Å². The van der Waals surface area contributed by atoms with Gasteiger partial charge in [-0.25, -0.2) is 0 Å². The zero-order valence-corrected chi connectivity index (χ0v) is 4.88. The first-order valence-corrected chi connectivity index (χ1v) is 2.20. The molecular weight excluding hydrogens is 94.0 g/mol. The molecule has 0 saturated heterocycles. The van der Waals surface area contributed by atoms with Crippen molar-refractivity contribution in [1.82, 2.24) is 5.23 Å². The number of hydrogen-bond acceptors (Lipinski definition) is 3. The summed E-state index contributed by atoms with van der Waals surface area (Å²) in [5.41, 5.74) is 0. The molecule has 44 valence electrons. The Bertz CT molecular complexity index is 47.0. The summed E-state index contributed by atoms with van der Waals surface area (Å²) < 4.78 is 0. The molecule has 1 N–H and O–H groups in total. The van der Waals surface area contributed by atoms with E-state index in [1.807, 2.05) is 13.8 Å². The molecule has 0 rings (SSSR count). The quantitative estimate of drug-likeness (QED) is 0.523. The van der Waals surface area contributed by atoms with Crippen molar-refractivity contribution in [2.45, 2.75) is 19.9 Å². The molecule has 0 radical (unpaired) electrons. The molecule has 0 bridgehead atoms. The molecular formula is C4H11NO2. The van der Waals surface area contributed by atoms with E-state index in [0.29, 0.717) is 0 Å². The van der Waals surface area contributed by atoms with E-state index in [2.05, 4.69) is 4.84 Å². The molecule has 0 saturated carbocycles. The zero-order chi connectivity index (χ0) is 5.86. The molecule has 0 aliphatic heterocycles. The average molecular weight is 105 g/mol. The minimum Gasteiger partial charge on any atom is -0.289 e. The zero-order valence-electron chi connectivity index (χ0n) is 4.88. The van der Waals surface area contributed by atoms with Gasteiger partial charge in [0.25, 0.3) is 0 Å². The lowest BCUT2D eigenvalue weighted by Crippen LogP contribution is -2.25. The predicted octanol–water partition coefficient (Wildman–Crippen LogP) is 0.647. The van der Waals surface area contributed by atoms with Crippen LogP contribution in [0.5, 0.6) is 0 Å². The maximum atomic E-state index is 8.55. The van der Waals surface area contributed by atoms with Gasteiger partial charge in [-0.2, -0.15) is 0 Å². The number of hydrogen-bond donors (Lipinski definition) is 1. The molecule has 0 fully saturated rings. The molecule has 0 aromatic carbocycles. The summed E-state index contributed by atoms with van der Waals surface area (Å²) in [6.07, 6.45) is 0. The summed E-state index contributed by atoms with van der Waals surface area (Å²) in [6.45, 7) is 3.65. The first-order chi connectivity index (χ1) is 3.18. The maximum Gasteiger partial charge on any atom is 0.0601 e. The fourth-order valence-electron chi connectivity index (χ4n) is 0.211. The van der Waals surface area contributed by atoms with Crippen molar-refractivity contribution in [1.29, 1.82) is 0 Å². The second-order valence-corrected chi connectivity index (χ2v) is 1.58. The standard InChI is InChI=1S/C4H11NO2/c1-4(2)5(6)7-3/h4,6H,1-3H3. The van der Waals surface area contributed by atoms with Crippen LogP contribution in [0, 0.1) is 0 Å². The van der Waals surface area contributed by atoms with Crippen molar-refractivity contribution >= 4 is 0 Å². The third-order valence-corrected chi connectivity index (χ3v) is 0.629. The van der Waals surface area contributed by atoms with E-state index in [1.54, 1.807) is 0 Å². The molecule has 0 unspecified atom stereocenters. The average Bonchev–Trinajstić information content (AvgIpc) is 1.65.